The molecule has 2 aliphatic heterocycles. The average Bonchev–Trinajstić information content (AvgIpc) is 2.86. The van der Waals surface area contributed by atoms with Crippen molar-refractivity contribution in [3.05, 3.63) is 29.3 Å². The van der Waals surface area contributed by atoms with E-state index in [0.29, 0.717) is 6.04 Å². The highest BCUT2D eigenvalue weighted by atomic mass is 16.5. The maximum Gasteiger partial charge on any atom is 0.122 e. The van der Waals surface area contributed by atoms with Gasteiger partial charge in [0.25, 0.3) is 0 Å². The van der Waals surface area contributed by atoms with Gasteiger partial charge in [-0.1, -0.05) is 12.1 Å². The zero-order valence-corrected chi connectivity index (χ0v) is 10.9. The normalized spacial score (nSPS) is 22.6. The van der Waals surface area contributed by atoms with Gasteiger partial charge in [-0.25, -0.2) is 0 Å². The number of fused-ring (bicyclic) bond motifs is 1. The van der Waals surface area contributed by atoms with Crippen molar-refractivity contribution in [1.29, 1.82) is 0 Å². The molecule has 0 spiro atoms. The third-order valence-electron chi connectivity index (χ3n) is 4.25. The Morgan fingerprint density at radius 2 is 2.11 bits per heavy atom. The van der Waals surface area contributed by atoms with Crippen LogP contribution in [-0.4, -0.2) is 35.8 Å². The number of rotatable bonds is 2. The molecule has 0 amide bonds. The van der Waals surface area contributed by atoms with Crippen LogP contribution < -0.4 is 4.74 Å². The van der Waals surface area contributed by atoms with Crippen LogP contribution in [0, 0.1) is 0 Å². The van der Waals surface area contributed by atoms with Gasteiger partial charge in [0, 0.05) is 25.6 Å². The molecule has 98 valence electrons. The lowest BCUT2D eigenvalue weighted by molar-refractivity contribution is 0.0645. The summed E-state index contributed by atoms with van der Waals surface area (Å²) in [5, 5.41) is 9.56. The molecule has 0 bridgehead atoms. The lowest BCUT2D eigenvalue weighted by Crippen LogP contribution is -2.37. The Bertz CT molecular complexity index is 425. The number of nitrogens with zero attached hydrogens (tertiary/aromatic N) is 1. The van der Waals surface area contributed by atoms with Crippen molar-refractivity contribution in [1.82, 2.24) is 4.90 Å². The van der Waals surface area contributed by atoms with E-state index in [9.17, 15) is 5.11 Å². The molecule has 3 heteroatoms. The van der Waals surface area contributed by atoms with E-state index in [1.54, 1.807) is 0 Å². The standard InChI is InChI=1S/C15H21NO2/c1-11(16-7-4-14(17)5-8-16)13-3-2-12-6-9-18-15(12)10-13/h2-3,10-11,14,17H,4-9H2,1H3. The Kier molecular flexibility index (Phi) is 3.27. The molecule has 0 aromatic heterocycles. The van der Waals surface area contributed by atoms with Gasteiger partial charge >= 0.3 is 0 Å². The summed E-state index contributed by atoms with van der Waals surface area (Å²) in [6, 6.07) is 7.03. The molecule has 3 nitrogen and oxygen atoms in total. The quantitative estimate of drug-likeness (QED) is 0.869. The Morgan fingerprint density at radius 3 is 2.89 bits per heavy atom. The fraction of sp³-hybridized carbons (Fsp3) is 0.600. The smallest absolute Gasteiger partial charge is 0.122 e. The summed E-state index contributed by atoms with van der Waals surface area (Å²) in [6.45, 7) is 5.04. The zero-order chi connectivity index (χ0) is 12.5. The molecule has 1 N–H and O–H groups in total. The Balaban J connectivity index is 1.74. The molecule has 0 radical (unpaired) electrons. The number of likely N-dealkylation sites (tertiary alicyclic amines) is 1. The van der Waals surface area contributed by atoms with Crippen molar-refractivity contribution >= 4 is 0 Å². The third kappa shape index (κ3) is 2.25. The minimum absolute atomic E-state index is 0.100. The van der Waals surface area contributed by atoms with Crippen LogP contribution >= 0.6 is 0 Å². The summed E-state index contributed by atoms with van der Waals surface area (Å²) in [5.41, 5.74) is 2.66. The van der Waals surface area contributed by atoms with E-state index in [4.69, 9.17) is 4.74 Å². The van der Waals surface area contributed by atoms with E-state index in [1.807, 2.05) is 0 Å². The van der Waals surface area contributed by atoms with Crippen molar-refractivity contribution < 1.29 is 9.84 Å². The minimum Gasteiger partial charge on any atom is -0.493 e. The summed E-state index contributed by atoms with van der Waals surface area (Å²) in [5.74, 6) is 1.07. The molecule has 1 aromatic carbocycles. The highest BCUT2D eigenvalue weighted by Gasteiger charge is 2.23. The Morgan fingerprint density at radius 1 is 1.33 bits per heavy atom. The predicted octanol–water partition coefficient (Wildman–Crippen LogP) is 2.14. The topological polar surface area (TPSA) is 32.7 Å². The first-order valence-corrected chi connectivity index (χ1v) is 6.92. The summed E-state index contributed by atoms with van der Waals surface area (Å²) in [4.78, 5) is 2.45. The van der Waals surface area contributed by atoms with Gasteiger partial charge in [-0.05, 0) is 37.0 Å². The molecule has 3 rings (SSSR count). The van der Waals surface area contributed by atoms with Crippen molar-refractivity contribution in [3.8, 4) is 5.75 Å². The molecule has 1 atom stereocenters. The second-order valence-corrected chi connectivity index (χ2v) is 5.41. The van der Waals surface area contributed by atoms with Crippen molar-refractivity contribution in [2.75, 3.05) is 19.7 Å². The molecule has 0 saturated carbocycles. The second-order valence-electron chi connectivity index (χ2n) is 5.41. The van der Waals surface area contributed by atoms with Gasteiger partial charge in [-0.15, -0.1) is 0 Å². The first-order chi connectivity index (χ1) is 8.74. The molecular formula is C15H21NO2. The monoisotopic (exact) mass is 247 g/mol. The first-order valence-electron chi connectivity index (χ1n) is 6.92. The molecule has 1 aromatic rings. The van der Waals surface area contributed by atoms with Gasteiger partial charge in [-0.2, -0.15) is 0 Å². The van der Waals surface area contributed by atoms with Crippen LogP contribution in [0.1, 0.15) is 36.9 Å². The van der Waals surface area contributed by atoms with Crippen molar-refractivity contribution in [2.24, 2.45) is 0 Å². The van der Waals surface area contributed by atoms with E-state index in [1.165, 1.54) is 11.1 Å². The summed E-state index contributed by atoms with van der Waals surface area (Å²) < 4.78 is 5.64. The van der Waals surface area contributed by atoms with Gasteiger partial charge < -0.3 is 9.84 Å². The molecular weight excluding hydrogens is 226 g/mol. The zero-order valence-electron chi connectivity index (χ0n) is 10.9. The lowest BCUT2D eigenvalue weighted by atomic mass is 10.00. The number of hydrogen-bond donors (Lipinski definition) is 1. The highest BCUT2D eigenvalue weighted by Crippen LogP contribution is 2.31. The Hall–Kier alpha value is -1.06. The number of aliphatic hydroxyl groups excluding tert-OH is 1. The van der Waals surface area contributed by atoms with E-state index in [-0.39, 0.29) is 6.10 Å². The minimum atomic E-state index is -0.100. The fourth-order valence-electron chi connectivity index (χ4n) is 2.93. The van der Waals surface area contributed by atoms with Gasteiger partial charge in [0.2, 0.25) is 0 Å². The van der Waals surface area contributed by atoms with Gasteiger partial charge in [0.1, 0.15) is 5.75 Å². The van der Waals surface area contributed by atoms with Crippen molar-refractivity contribution in [2.45, 2.75) is 38.3 Å². The molecule has 2 aliphatic rings. The Labute approximate surface area is 108 Å². The fourth-order valence-corrected chi connectivity index (χ4v) is 2.93. The van der Waals surface area contributed by atoms with Crippen LogP contribution in [-0.2, 0) is 6.42 Å². The lowest BCUT2D eigenvalue weighted by Gasteiger charge is -2.34. The van der Waals surface area contributed by atoms with E-state index < -0.39 is 0 Å². The molecule has 1 saturated heterocycles. The van der Waals surface area contributed by atoms with Crippen LogP contribution in [0.2, 0.25) is 0 Å². The third-order valence-corrected chi connectivity index (χ3v) is 4.25. The number of benzene rings is 1. The first kappa shape index (κ1) is 12.0. The van der Waals surface area contributed by atoms with Crippen LogP contribution in [0.25, 0.3) is 0 Å². The number of piperidine rings is 1. The number of ether oxygens (including phenoxy) is 1. The van der Waals surface area contributed by atoms with Crippen molar-refractivity contribution in [3.63, 3.8) is 0 Å². The second kappa shape index (κ2) is 4.90. The molecule has 2 heterocycles. The van der Waals surface area contributed by atoms with E-state index in [0.717, 1.165) is 44.7 Å². The highest BCUT2D eigenvalue weighted by molar-refractivity contribution is 5.41. The number of aliphatic hydroxyl groups is 1. The summed E-state index contributed by atoms with van der Waals surface area (Å²) >= 11 is 0. The number of hydrogen-bond acceptors (Lipinski definition) is 3. The maximum absolute atomic E-state index is 9.56. The molecule has 1 unspecified atom stereocenters. The predicted molar refractivity (Wildman–Crippen MR) is 70.9 cm³/mol. The van der Waals surface area contributed by atoms with Crippen LogP contribution in [0.3, 0.4) is 0 Å². The summed E-state index contributed by atoms with van der Waals surface area (Å²) in [7, 11) is 0. The van der Waals surface area contributed by atoms with Gasteiger partial charge in [0.05, 0.1) is 12.7 Å². The molecule has 0 aliphatic carbocycles. The van der Waals surface area contributed by atoms with E-state index in [2.05, 4.69) is 30.0 Å². The van der Waals surface area contributed by atoms with Crippen LogP contribution in [0.5, 0.6) is 5.75 Å². The largest absolute Gasteiger partial charge is 0.493 e. The van der Waals surface area contributed by atoms with Crippen LogP contribution in [0.15, 0.2) is 18.2 Å². The average molecular weight is 247 g/mol. The summed E-state index contributed by atoms with van der Waals surface area (Å²) in [6.07, 6.45) is 2.73. The SMILES string of the molecule is CC(c1ccc2c(c1)OCC2)N1CCC(O)CC1. The van der Waals surface area contributed by atoms with Gasteiger partial charge in [-0.3, -0.25) is 4.90 Å². The van der Waals surface area contributed by atoms with Gasteiger partial charge in [0.15, 0.2) is 0 Å². The van der Waals surface area contributed by atoms with Crippen LogP contribution in [0.4, 0.5) is 0 Å². The molecule has 18 heavy (non-hydrogen) atoms. The maximum atomic E-state index is 9.56. The van der Waals surface area contributed by atoms with E-state index >= 15 is 0 Å². The molecule has 1 fully saturated rings.